The molecule has 0 saturated carbocycles. The molecule has 0 aromatic heterocycles. The minimum absolute atomic E-state index is 0.0336. The van der Waals surface area contributed by atoms with E-state index in [9.17, 15) is 4.79 Å². The first-order chi connectivity index (χ1) is 7.59. The van der Waals surface area contributed by atoms with Crippen molar-refractivity contribution in [3.63, 3.8) is 0 Å². The van der Waals surface area contributed by atoms with Gasteiger partial charge in [0.2, 0.25) is 5.91 Å². The Kier molecular flexibility index (Phi) is 4.58. The number of nitrogens with one attached hydrogen (secondary N) is 1. The number of carbonyl (C=O) groups is 1. The number of hydrogen-bond donors (Lipinski definition) is 2. The van der Waals surface area contributed by atoms with Crippen molar-refractivity contribution < 1.29 is 4.79 Å². The number of nitrogen functional groups attached to an aromatic ring is 1. The van der Waals surface area contributed by atoms with Crippen LogP contribution in [-0.4, -0.2) is 12.5 Å². The normalized spacial score (nSPS) is 9.81. The third kappa shape index (κ3) is 4.17. The van der Waals surface area contributed by atoms with Crippen molar-refractivity contribution >= 4 is 11.6 Å². The second-order valence-electron chi connectivity index (χ2n) is 3.93. The largest absolute Gasteiger partial charge is 0.399 e. The zero-order chi connectivity index (χ0) is 12.0. The molecule has 3 nitrogen and oxygen atoms in total. The fraction of sp³-hybridized carbons (Fsp3) is 0.308. The Balaban J connectivity index is 2.37. The summed E-state index contributed by atoms with van der Waals surface area (Å²) in [6.45, 7) is 6.15. The van der Waals surface area contributed by atoms with Crippen LogP contribution in [0.25, 0.3) is 0 Å². The van der Waals surface area contributed by atoms with Crippen LogP contribution in [0.4, 0.5) is 5.69 Å². The van der Waals surface area contributed by atoms with Crippen LogP contribution in [0.2, 0.25) is 0 Å². The molecule has 0 unspecified atom stereocenters. The molecule has 0 fully saturated rings. The average molecular weight is 218 g/mol. The van der Waals surface area contributed by atoms with Crippen molar-refractivity contribution in [1.29, 1.82) is 0 Å². The third-order valence-electron chi connectivity index (χ3n) is 2.26. The van der Waals surface area contributed by atoms with Gasteiger partial charge in [-0.2, -0.15) is 0 Å². The lowest BCUT2D eigenvalue weighted by Crippen LogP contribution is -2.25. The lowest BCUT2D eigenvalue weighted by atomic mass is 10.1. The van der Waals surface area contributed by atoms with E-state index in [1.54, 1.807) is 0 Å². The van der Waals surface area contributed by atoms with Crippen LogP contribution in [0.3, 0.4) is 0 Å². The van der Waals surface area contributed by atoms with Gasteiger partial charge in [-0.25, -0.2) is 0 Å². The summed E-state index contributed by atoms with van der Waals surface area (Å²) in [7, 11) is 0. The van der Waals surface area contributed by atoms with Crippen LogP contribution in [0.15, 0.2) is 36.4 Å². The summed E-state index contributed by atoms with van der Waals surface area (Å²) in [6, 6.07) is 7.61. The van der Waals surface area contributed by atoms with Gasteiger partial charge in [0.15, 0.2) is 0 Å². The van der Waals surface area contributed by atoms with Crippen LogP contribution < -0.4 is 11.1 Å². The standard InChI is InChI=1S/C13H18N2O/c1-10(2)9-15-13(16)8-7-11-5-3-4-6-12(11)14/h3-6H,1,7-9,14H2,2H3,(H,15,16). The van der Waals surface area contributed by atoms with Gasteiger partial charge in [-0.1, -0.05) is 30.4 Å². The van der Waals surface area contributed by atoms with Gasteiger partial charge in [0.1, 0.15) is 0 Å². The predicted octanol–water partition coefficient (Wildman–Crippen LogP) is 1.89. The van der Waals surface area contributed by atoms with Gasteiger partial charge in [-0.05, 0) is 25.0 Å². The quantitative estimate of drug-likeness (QED) is 0.585. The second kappa shape index (κ2) is 5.95. The summed E-state index contributed by atoms with van der Waals surface area (Å²) in [5.41, 5.74) is 8.50. The first-order valence-electron chi connectivity index (χ1n) is 5.34. The first-order valence-corrected chi connectivity index (χ1v) is 5.34. The van der Waals surface area contributed by atoms with Crippen molar-refractivity contribution in [2.45, 2.75) is 19.8 Å². The van der Waals surface area contributed by atoms with Crippen molar-refractivity contribution in [2.75, 3.05) is 12.3 Å². The fourth-order valence-corrected chi connectivity index (χ4v) is 1.35. The van der Waals surface area contributed by atoms with Gasteiger partial charge in [0.25, 0.3) is 0 Å². The highest BCUT2D eigenvalue weighted by Gasteiger charge is 2.03. The number of aryl methyl sites for hydroxylation is 1. The molecule has 0 bridgehead atoms. The van der Waals surface area contributed by atoms with Crippen LogP contribution in [0.1, 0.15) is 18.9 Å². The first kappa shape index (κ1) is 12.3. The third-order valence-corrected chi connectivity index (χ3v) is 2.26. The van der Waals surface area contributed by atoms with E-state index in [4.69, 9.17) is 5.73 Å². The number of anilines is 1. The van der Waals surface area contributed by atoms with Crippen molar-refractivity contribution in [3.05, 3.63) is 42.0 Å². The molecule has 0 heterocycles. The number of carbonyl (C=O) groups excluding carboxylic acids is 1. The molecular formula is C13H18N2O. The highest BCUT2D eigenvalue weighted by Crippen LogP contribution is 2.12. The van der Waals surface area contributed by atoms with Crippen molar-refractivity contribution in [1.82, 2.24) is 5.32 Å². The van der Waals surface area contributed by atoms with Crippen LogP contribution >= 0.6 is 0 Å². The summed E-state index contributed by atoms with van der Waals surface area (Å²) in [5.74, 6) is 0.0336. The Morgan fingerprint density at radius 1 is 1.44 bits per heavy atom. The smallest absolute Gasteiger partial charge is 0.220 e. The molecule has 0 aliphatic rings. The second-order valence-corrected chi connectivity index (χ2v) is 3.93. The Bertz CT molecular complexity index is 385. The Morgan fingerprint density at radius 3 is 2.75 bits per heavy atom. The Labute approximate surface area is 96.3 Å². The van der Waals surface area contributed by atoms with Gasteiger partial charge in [-0.3, -0.25) is 4.79 Å². The minimum Gasteiger partial charge on any atom is -0.399 e. The van der Waals surface area contributed by atoms with E-state index in [0.29, 0.717) is 19.4 Å². The molecule has 3 heteroatoms. The van der Waals surface area contributed by atoms with Crippen LogP contribution in [-0.2, 0) is 11.2 Å². The summed E-state index contributed by atoms with van der Waals surface area (Å²) >= 11 is 0. The molecule has 86 valence electrons. The molecule has 1 amide bonds. The minimum atomic E-state index is 0.0336. The zero-order valence-corrected chi connectivity index (χ0v) is 9.62. The molecular weight excluding hydrogens is 200 g/mol. The van der Waals surface area contributed by atoms with E-state index in [2.05, 4.69) is 11.9 Å². The lowest BCUT2D eigenvalue weighted by molar-refractivity contribution is -0.120. The topological polar surface area (TPSA) is 55.1 Å². The van der Waals surface area contributed by atoms with Gasteiger partial charge < -0.3 is 11.1 Å². The predicted molar refractivity (Wildman–Crippen MR) is 67.0 cm³/mol. The summed E-state index contributed by atoms with van der Waals surface area (Å²) in [5, 5.41) is 2.79. The summed E-state index contributed by atoms with van der Waals surface area (Å²) < 4.78 is 0. The number of para-hydroxylation sites is 1. The van der Waals surface area contributed by atoms with E-state index in [1.165, 1.54) is 0 Å². The Morgan fingerprint density at radius 2 is 2.12 bits per heavy atom. The molecule has 0 aliphatic heterocycles. The van der Waals surface area contributed by atoms with Crippen LogP contribution in [0.5, 0.6) is 0 Å². The highest BCUT2D eigenvalue weighted by atomic mass is 16.1. The molecule has 0 spiro atoms. The van der Waals surface area contributed by atoms with Gasteiger partial charge in [0, 0.05) is 18.7 Å². The van der Waals surface area contributed by atoms with E-state index in [-0.39, 0.29) is 5.91 Å². The monoisotopic (exact) mass is 218 g/mol. The van der Waals surface area contributed by atoms with Gasteiger partial charge in [-0.15, -0.1) is 0 Å². The Hall–Kier alpha value is -1.77. The fourth-order valence-electron chi connectivity index (χ4n) is 1.35. The van der Waals surface area contributed by atoms with E-state index < -0.39 is 0 Å². The maximum atomic E-state index is 11.4. The molecule has 1 rings (SSSR count). The molecule has 0 atom stereocenters. The summed E-state index contributed by atoms with van der Waals surface area (Å²) in [6.07, 6.45) is 1.14. The SMILES string of the molecule is C=C(C)CNC(=O)CCc1ccccc1N. The maximum absolute atomic E-state index is 11.4. The highest BCUT2D eigenvalue weighted by molar-refractivity contribution is 5.76. The molecule has 1 aromatic carbocycles. The number of benzene rings is 1. The molecule has 0 radical (unpaired) electrons. The van der Waals surface area contributed by atoms with Gasteiger partial charge in [0.05, 0.1) is 0 Å². The summed E-state index contributed by atoms with van der Waals surface area (Å²) in [4.78, 5) is 11.4. The van der Waals surface area contributed by atoms with Gasteiger partial charge >= 0.3 is 0 Å². The maximum Gasteiger partial charge on any atom is 0.220 e. The molecule has 0 saturated heterocycles. The lowest BCUT2D eigenvalue weighted by Gasteiger charge is -2.06. The number of rotatable bonds is 5. The van der Waals surface area contributed by atoms with E-state index in [1.807, 2.05) is 31.2 Å². The van der Waals surface area contributed by atoms with Crippen molar-refractivity contribution in [2.24, 2.45) is 0 Å². The molecule has 16 heavy (non-hydrogen) atoms. The van der Waals surface area contributed by atoms with Crippen LogP contribution in [0, 0.1) is 0 Å². The molecule has 3 N–H and O–H groups in total. The van der Waals surface area contributed by atoms with E-state index in [0.717, 1.165) is 16.8 Å². The molecule has 0 aliphatic carbocycles. The average Bonchev–Trinajstić information content (AvgIpc) is 2.25. The number of nitrogens with two attached hydrogens (primary N) is 1. The molecule has 1 aromatic rings. The van der Waals surface area contributed by atoms with E-state index >= 15 is 0 Å². The number of amides is 1. The number of hydrogen-bond acceptors (Lipinski definition) is 2. The zero-order valence-electron chi connectivity index (χ0n) is 9.62. The van der Waals surface area contributed by atoms with Crippen molar-refractivity contribution in [3.8, 4) is 0 Å².